The van der Waals surface area contributed by atoms with E-state index >= 15 is 0 Å². The molecule has 0 unspecified atom stereocenters. The Labute approximate surface area is 212 Å². The quantitative estimate of drug-likeness (QED) is 0.237. The summed E-state index contributed by atoms with van der Waals surface area (Å²) >= 11 is 3.68. The molecule has 0 saturated carbocycles. The fourth-order valence-electron chi connectivity index (χ4n) is 4.25. The number of halogens is 1. The molecule has 0 spiro atoms. The van der Waals surface area contributed by atoms with E-state index < -0.39 is 0 Å². The second-order valence-corrected chi connectivity index (χ2v) is 9.11. The third-order valence-electron chi connectivity index (χ3n) is 6.02. The van der Waals surface area contributed by atoms with Crippen LogP contribution >= 0.6 is 15.9 Å². The van der Waals surface area contributed by atoms with E-state index in [4.69, 9.17) is 15.0 Å². The van der Waals surface area contributed by atoms with Crippen LogP contribution in [0.3, 0.4) is 0 Å². The lowest BCUT2D eigenvalue weighted by Gasteiger charge is -2.11. The smallest absolute Gasteiger partial charge is 0.164 e. The fraction of sp³-hybridized carbons (Fsp3) is 0. The Morgan fingerprint density at radius 3 is 1.34 bits per heavy atom. The summed E-state index contributed by atoms with van der Waals surface area (Å²) in [5.74, 6) is 1.99. The van der Waals surface area contributed by atoms with Gasteiger partial charge in [-0.25, -0.2) is 15.0 Å². The van der Waals surface area contributed by atoms with E-state index in [0.717, 1.165) is 26.7 Å². The molecule has 3 nitrogen and oxygen atoms in total. The van der Waals surface area contributed by atoms with Crippen LogP contribution in [-0.2, 0) is 0 Å². The molecule has 0 aliphatic carbocycles. The highest BCUT2D eigenvalue weighted by Gasteiger charge is 2.13. The van der Waals surface area contributed by atoms with Crippen LogP contribution in [0.15, 0.2) is 126 Å². The molecule has 4 heteroatoms. The van der Waals surface area contributed by atoms with Crippen LogP contribution in [0, 0.1) is 0 Å². The summed E-state index contributed by atoms with van der Waals surface area (Å²) in [6, 6.07) is 41.2. The molecule has 0 amide bonds. The molecule has 35 heavy (non-hydrogen) atoms. The molecule has 0 aliphatic rings. The maximum absolute atomic E-state index is 4.83. The van der Waals surface area contributed by atoms with Gasteiger partial charge in [-0.15, -0.1) is 0 Å². The van der Waals surface area contributed by atoms with E-state index in [1.165, 1.54) is 16.3 Å². The highest BCUT2D eigenvalue weighted by Crippen LogP contribution is 2.34. The van der Waals surface area contributed by atoms with Gasteiger partial charge in [0.2, 0.25) is 0 Å². The van der Waals surface area contributed by atoms with Crippen molar-refractivity contribution in [2.24, 2.45) is 0 Å². The van der Waals surface area contributed by atoms with Gasteiger partial charge in [0.25, 0.3) is 0 Å². The van der Waals surface area contributed by atoms with Gasteiger partial charge >= 0.3 is 0 Å². The van der Waals surface area contributed by atoms with E-state index in [1.807, 2.05) is 60.7 Å². The van der Waals surface area contributed by atoms with E-state index in [-0.39, 0.29) is 0 Å². The van der Waals surface area contributed by atoms with Crippen LogP contribution in [0.5, 0.6) is 0 Å². The minimum absolute atomic E-state index is 0.657. The molecule has 0 bridgehead atoms. The number of aromatic nitrogens is 3. The Morgan fingerprint density at radius 2 is 0.800 bits per heavy atom. The van der Waals surface area contributed by atoms with Crippen molar-refractivity contribution in [1.82, 2.24) is 15.0 Å². The topological polar surface area (TPSA) is 38.7 Å². The predicted octanol–water partition coefficient (Wildman–Crippen LogP) is 8.46. The molecule has 0 N–H and O–H groups in total. The van der Waals surface area contributed by atoms with Crippen LogP contribution in [0.1, 0.15) is 0 Å². The van der Waals surface area contributed by atoms with Crippen molar-refractivity contribution in [2.75, 3.05) is 0 Å². The maximum atomic E-state index is 4.83. The van der Waals surface area contributed by atoms with Gasteiger partial charge < -0.3 is 0 Å². The highest BCUT2D eigenvalue weighted by molar-refractivity contribution is 9.10. The first-order valence-corrected chi connectivity index (χ1v) is 12.2. The van der Waals surface area contributed by atoms with Crippen molar-refractivity contribution in [3.05, 3.63) is 126 Å². The van der Waals surface area contributed by atoms with Crippen molar-refractivity contribution in [3.8, 4) is 45.3 Å². The SMILES string of the molecule is Brc1ccc(-c2ccc(-c3nc(-c4ccccc4)nc(-c4ccccc4)n3)cc2)c2ccccc12. The molecular weight excluding hydrogens is 494 g/mol. The van der Waals surface area contributed by atoms with Crippen LogP contribution in [-0.4, -0.2) is 15.0 Å². The van der Waals surface area contributed by atoms with Crippen molar-refractivity contribution >= 4 is 26.7 Å². The predicted molar refractivity (Wildman–Crippen MR) is 147 cm³/mol. The van der Waals surface area contributed by atoms with Gasteiger partial charge in [-0.1, -0.05) is 131 Å². The zero-order chi connectivity index (χ0) is 23.6. The zero-order valence-corrected chi connectivity index (χ0v) is 20.4. The first-order chi connectivity index (χ1) is 17.3. The number of rotatable bonds is 4. The lowest BCUT2D eigenvalue weighted by atomic mass is 9.97. The Bertz CT molecular complexity index is 1570. The highest BCUT2D eigenvalue weighted by atomic mass is 79.9. The standard InChI is InChI=1S/C31H20BrN3/c32-28-20-19-25(26-13-7-8-14-27(26)28)21-15-17-24(18-16-21)31-34-29(22-9-3-1-4-10-22)33-30(35-31)23-11-5-2-6-12-23/h1-20H. The number of nitrogens with zero attached hydrogens (tertiary/aromatic N) is 3. The minimum atomic E-state index is 0.657. The summed E-state index contributed by atoms with van der Waals surface area (Å²) in [6.45, 7) is 0. The summed E-state index contributed by atoms with van der Waals surface area (Å²) in [5, 5.41) is 2.42. The number of benzene rings is 5. The van der Waals surface area contributed by atoms with E-state index in [2.05, 4.69) is 76.6 Å². The lowest BCUT2D eigenvalue weighted by molar-refractivity contribution is 1.07. The summed E-state index contributed by atoms with van der Waals surface area (Å²) in [6.07, 6.45) is 0. The summed E-state index contributed by atoms with van der Waals surface area (Å²) < 4.78 is 1.10. The molecule has 0 fully saturated rings. The lowest BCUT2D eigenvalue weighted by Crippen LogP contribution is -2.00. The molecule has 0 atom stereocenters. The fourth-order valence-corrected chi connectivity index (χ4v) is 4.73. The second-order valence-electron chi connectivity index (χ2n) is 8.26. The second kappa shape index (κ2) is 9.24. The van der Waals surface area contributed by atoms with Gasteiger partial charge in [0.15, 0.2) is 17.5 Å². The summed E-state index contributed by atoms with van der Waals surface area (Å²) in [5.41, 5.74) is 5.23. The molecule has 0 radical (unpaired) electrons. The van der Waals surface area contributed by atoms with E-state index in [0.29, 0.717) is 17.5 Å². The average Bonchev–Trinajstić information content (AvgIpc) is 2.94. The molecule has 0 aliphatic heterocycles. The summed E-state index contributed by atoms with van der Waals surface area (Å²) in [7, 11) is 0. The van der Waals surface area contributed by atoms with Crippen LogP contribution in [0.25, 0.3) is 56.1 Å². The number of hydrogen-bond donors (Lipinski definition) is 0. The van der Waals surface area contributed by atoms with Crippen LogP contribution < -0.4 is 0 Å². The third-order valence-corrected chi connectivity index (χ3v) is 6.72. The van der Waals surface area contributed by atoms with Gasteiger partial charge in [0.1, 0.15) is 0 Å². The van der Waals surface area contributed by atoms with E-state index in [9.17, 15) is 0 Å². The van der Waals surface area contributed by atoms with Crippen molar-refractivity contribution in [2.45, 2.75) is 0 Å². The largest absolute Gasteiger partial charge is 0.208 e. The molecular formula is C31H20BrN3. The Morgan fingerprint density at radius 1 is 0.371 bits per heavy atom. The van der Waals surface area contributed by atoms with Crippen molar-refractivity contribution < 1.29 is 0 Å². The van der Waals surface area contributed by atoms with Gasteiger partial charge in [0, 0.05) is 21.2 Å². The molecule has 6 aromatic rings. The first-order valence-electron chi connectivity index (χ1n) is 11.4. The van der Waals surface area contributed by atoms with Gasteiger partial charge in [-0.05, 0) is 28.0 Å². The summed E-state index contributed by atoms with van der Waals surface area (Å²) in [4.78, 5) is 14.5. The number of hydrogen-bond acceptors (Lipinski definition) is 3. The average molecular weight is 514 g/mol. The zero-order valence-electron chi connectivity index (χ0n) is 18.8. The molecule has 1 aromatic heterocycles. The van der Waals surface area contributed by atoms with Crippen LogP contribution in [0.2, 0.25) is 0 Å². The van der Waals surface area contributed by atoms with Crippen LogP contribution in [0.4, 0.5) is 0 Å². The molecule has 0 saturated heterocycles. The first kappa shape index (κ1) is 21.4. The maximum Gasteiger partial charge on any atom is 0.164 e. The van der Waals surface area contributed by atoms with Gasteiger partial charge in [-0.2, -0.15) is 0 Å². The normalized spacial score (nSPS) is 11.0. The molecule has 1 heterocycles. The van der Waals surface area contributed by atoms with E-state index in [1.54, 1.807) is 0 Å². The third kappa shape index (κ3) is 4.25. The Hall–Kier alpha value is -4.15. The number of fused-ring (bicyclic) bond motifs is 1. The Kier molecular flexibility index (Phi) is 5.65. The Balaban J connectivity index is 1.45. The monoisotopic (exact) mass is 513 g/mol. The van der Waals surface area contributed by atoms with Crippen molar-refractivity contribution in [3.63, 3.8) is 0 Å². The van der Waals surface area contributed by atoms with Crippen molar-refractivity contribution in [1.29, 1.82) is 0 Å². The van der Waals surface area contributed by atoms with Gasteiger partial charge in [-0.3, -0.25) is 0 Å². The van der Waals surface area contributed by atoms with Gasteiger partial charge in [0.05, 0.1) is 0 Å². The molecule has 5 aromatic carbocycles. The minimum Gasteiger partial charge on any atom is -0.208 e. The molecule has 6 rings (SSSR count). The molecule has 166 valence electrons.